The van der Waals surface area contributed by atoms with E-state index in [4.69, 9.17) is 4.74 Å². The van der Waals surface area contributed by atoms with E-state index >= 15 is 0 Å². The molecule has 0 saturated carbocycles. The van der Waals surface area contributed by atoms with Gasteiger partial charge in [0.1, 0.15) is 5.75 Å². The van der Waals surface area contributed by atoms with Gasteiger partial charge < -0.3 is 9.64 Å². The van der Waals surface area contributed by atoms with E-state index in [9.17, 15) is 4.79 Å². The smallest absolute Gasteiger partial charge is 0.233 e. The van der Waals surface area contributed by atoms with Crippen LogP contribution in [-0.4, -0.2) is 51.5 Å². The Bertz CT molecular complexity index is 788. The van der Waals surface area contributed by atoms with Gasteiger partial charge in [0.2, 0.25) is 5.91 Å². The number of rotatable bonds is 7. The summed E-state index contributed by atoms with van der Waals surface area (Å²) >= 11 is 1.44. The van der Waals surface area contributed by atoms with Crippen LogP contribution in [0, 0.1) is 5.92 Å². The summed E-state index contributed by atoms with van der Waals surface area (Å²) in [7, 11) is 1.64. The topological polar surface area (TPSA) is 60.2 Å². The zero-order valence-corrected chi connectivity index (χ0v) is 16.7. The molecule has 6 nitrogen and oxygen atoms in total. The molecule has 1 aromatic carbocycles. The molecule has 1 aliphatic heterocycles. The largest absolute Gasteiger partial charge is 0.497 e. The van der Waals surface area contributed by atoms with E-state index in [2.05, 4.69) is 23.7 Å². The zero-order chi connectivity index (χ0) is 19.2. The van der Waals surface area contributed by atoms with Crippen molar-refractivity contribution in [1.82, 2.24) is 19.7 Å². The number of piperidine rings is 1. The molecule has 2 heterocycles. The highest BCUT2D eigenvalue weighted by atomic mass is 32.2. The Hall–Kier alpha value is -2.28. The maximum absolute atomic E-state index is 12.5. The monoisotopic (exact) mass is 386 g/mol. The van der Waals surface area contributed by atoms with Crippen molar-refractivity contribution >= 4 is 17.7 Å². The van der Waals surface area contributed by atoms with Crippen LogP contribution in [0.25, 0.3) is 11.4 Å². The van der Waals surface area contributed by atoms with Gasteiger partial charge in [0.25, 0.3) is 0 Å². The van der Waals surface area contributed by atoms with Gasteiger partial charge in [-0.25, -0.2) is 0 Å². The molecular weight excluding hydrogens is 360 g/mol. The summed E-state index contributed by atoms with van der Waals surface area (Å²) in [4.78, 5) is 14.5. The Morgan fingerprint density at radius 3 is 2.81 bits per heavy atom. The molecule has 0 aliphatic carbocycles. The first kappa shape index (κ1) is 19.5. The summed E-state index contributed by atoms with van der Waals surface area (Å²) in [5.41, 5.74) is 0.952. The summed E-state index contributed by atoms with van der Waals surface area (Å²) in [6.45, 7) is 8.35. The first-order chi connectivity index (χ1) is 13.1. The van der Waals surface area contributed by atoms with Gasteiger partial charge in [-0.15, -0.1) is 16.8 Å². The van der Waals surface area contributed by atoms with E-state index in [-0.39, 0.29) is 5.91 Å². The molecule has 0 spiro atoms. The lowest BCUT2D eigenvalue weighted by atomic mass is 10.0. The second-order valence-electron chi connectivity index (χ2n) is 6.81. The van der Waals surface area contributed by atoms with Crippen LogP contribution in [0.15, 0.2) is 42.1 Å². The highest BCUT2D eigenvalue weighted by Crippen LogP contribution is 2.26. The van der Waals surface area contributed by atoms with Gasteiger partial charge in [0.05, 0.1) is 12.9 Å². The third-order valence-corrected chi connectivity index (χ3v) is 5.66. The quantitative estimate of drug-likeness (QED) is 0.538. The fourth-order valence-electron chi connectivity index (χ4n) is 3.28. The number of thioether (sulfide) groups is 1. The number of hydrogen-bond donors (Lipinski definition) is 0. The first-order valence-corrected chi connectivity index (χ1v) is 10.2. The Kier molecular flexibility index (Phi) is 6.55. The van der Waals surface area contributed by atoms with E-state index in [0.717, 1.165) is 41.8 Å². The summed E-state index contributed by atoms with van der Waals surface area (Å²) in [6.07, 6.45) is 4.11. The fraction of sp³-hybridized carbons (Fsp3) is 0.450. The molecule has 27 heavy (non-hydrogen) atoms. The van der Waals surface area contributed by atoms with E-state index < -0.39 is 0 Å². The van der Waals surface area contributed by atoms with E-state index in [0.29, 0.717) is 18.2 Å². The number of carbonyl (C=O) groups excluding carboxylic acids is 1. The number of carbonyl (C=O) groups is 1. The summed E-state index contributed by atoms with van der Waals surface area (Å²) in [6, 6.07) is 7.71. The van der Waals surface area contributed by atoms with Crippen LogP contribution in [0.1, 0.15) is 19.8 Å². The fourth-order valence-corrected chi connectivity index (χ4v) is 4.13. The van der Waals surface area contributed by atoms with Crippen molar-refractivity contribution in [2.75, 3.05) is 26.0 Å². The highest BCUT2D eigenvalue weighted by molar-refractivity contribution is 7.99. The minimum absolute atomic E-state index is 0.172. The number of benzene rings is 1. The molecular formula is C20H26N4O2S. The average Bonchev–Trinajstić information content (AvgIpc) is 3.09. The van der Waals surface area contributed by atoms with Crippen LogP contribution < -0.4 is 4.74 Å². The number of nitrogens with zero attached hydrogens (tertiary/aromatic N) is 4. The van der Waals surface area contributed by atoms with E-state index in [1.807, 2.05) is 39.8 Å². The molecule has 0 bridgehead atoms. The summed E-state index contributed by atoms with van der Waals surface area (Å²) < 4.78 is 7.20. The van der Waals surface area contributed by atoms with Crippen molar-refractivity contribution in [3.8, 4) is 17.1 Å². The SMILES string of the molecule is C=CCn1c(SCC(=O)N2CCC[C@@H](C)C2)nnc1-c1ccc(OC)cc1. The summed E-state index contributed by atoms with van der Waals surface area (Å²) in [5, 5.41) is 9.39. The Morgan fingerprint density at radius 1 is 1.37 bits per heavy atom. The normalized spacial score (nSPS) is 17.0. The number of methoxy groups -OCH3 is 1. The number of amides is 1. The average molecular weight is 387 g/mol. The maximum atomic E-state index is 12.5. The van der Waals surface area contributed by atoms with Gasteiger partial charge in [-0.1, -0.05) is 24.8 Å². The van der Waals surface area contributed by atoms with Crippen LogP contribution in [-0.2, 0) is 11.3 Å². The number of allylic oxidation sites excluding steroid dienone is 1. The predicted octanol–water partition coefficient (Wildman–Crippen LogP) is 3.49. The molecule has 1 fully saturated rings. The van der Waals surface area contributed by atoms with Crippen molar-refractivity contribution in [3.05, 3.63) is 36.9 Å². The van der Waals surface area contributed by atoms with E-state index in [1.54, 1.807) is 7.11 Å². The molecule has 1 amide bonds. The third-order valence-electron chi connectivity index (χ3n) is 4.71. The molecule has 0 unspecified atom stereocenters. The van der Waals surface area contributed by atoms with Gasteiger partial charge in [0.15, 0.2) is 11.0 Å². The van der Waals surface area contributed by atoms with Crippen molar-refractivity contribution in [3.63, 3.8) is 0 Å². The molecule has 144 valence electrons. The molecule has 2 aromatic rings. The standard InChI is InChI=1S/C20H26N4O2S/c1-4-11-24-19(16-7-9-17(26-3)10-8-16)21-22-20(24)27-14-18(25)23-12-5-6-15(2)13-23/h4,7-10,15H,1,5-6,11-14H2,2-3H3/t15-/m1/s1. The van der Waals surface area contributed by atoms with Crippen LogP contribution in [0.2, 0.25) is 0 Å². The second-order valence-corrected chi connectivity index (χ2v) is 7.75. The molecule has 1 atom stereocenters. The summed E-state index contributed by atoms with van der Waals surface area (Å²) in [5.74, 6) is 2.69. The number of likely N-dealkylation sites (tertiary alicyclic amines) is 1. The molecule has 0 N–H and O–H groups in total. The first-order valence-electron chi connectivity index (χ1n) is 9.21. The molecule has 1 saturated heterocycles. The number of ether oxygens (including phenoxy) is 1. The van der Waals surface area contributed by atoms with Crippen LogP contribution in [0.5, 0.6) is 5.75 Å². The van der Waals surface area contributed by atoms with Crippen LogP contribution >= 0.6 is 11.8 Å². The lowest BCUT2D eigenvalue weighted by molar-refractivity contribution is -0.130. The van der Waals surface area contributed by atoms with E-state index in [1.165, 1.54) is 18.2 Å². The van der Waals surface area contributed by atoms with Gasteiger partial charge in [-0.3, -0.25) is 9.36 Å². The zero-order valence-electron chi connectivity index (χ0n) is 15.9. The second kappa shape index (κ2) is 9.08. The minimum atomic E-state index is 0.172. The van der Waals surface area contributed by atoms with Crippen LogP contribution in [0.4, 0.5) is 0 Å². The molecule has 1 aliphatic rings. The number of aromatic nitrogens is 3. The number of hydrogen-bond acceptors (Lipinski definition) is 5. The maximum Gasteiger partial charge on any atom is 0.233 e. The molecule has 3 rings (SSSR count). The highest BCUT2D eigenvalue weighted by Gasteiger charge is 2.22. The van der Waals surface area contributed by atoms with Gasteiger partial charge in [-0.2, -0.15) is 0 Å². The minimum Gasteiger partial charge on any atom is -0.497 e. The Morgan fingerprint density at radius 2 is 2.15 bits per heavy atom. The van der Waals surface area contributed by atoms with Gasteiger partial charge in [0, 0.05) is 25.2 Å². The van der Waals surface area contributed by atoms with Crippen molar-refractivity contribution < 1.29 is 9.53 Å². The van der Waals surface area contributed by atoms with Crippen molar-refractivity contribution in [2.45, 2.75) is 31.5 Å². The molecule has 1 aromatic heterocycles. The van der Waals surface area contributed by atoms with Crippen molar-refractivity contribution in [1.29, 1.82) is 0 Å². The lowest BCUT2D eigenvalue weighted by Crippen LogP contribution is -2.40. The molecule has 7 heteroatoms. The van der Waals surface area contributed by atoms with Crippen LogP contribution in [0.3, 0.4) is 0 Å². The van der Waals surface area contributed by atoms with Gasteiger partial charge >= 0.3 is 0 Å². The lowest BCUT2D eigenvalue weighted by Gasteiger charge is -2.30. The van der Waals surface area contributed by atoms with Crippen molar-refractivity contribution in [2.24, 2.45) is 5.92 Å². The van der Waals surface area contributed by atoms with Gasteiger partial charge in [-0.05, 0) is 43.0 Å². The third kappa shape index (κ3) is 4.71. The Balaban J connectivity index is 1.72. The predicted molar refractivity (Wildman–Crippen MR) is 108 cm³/mol. The molecule has 0 radical (unpaired) electrons. The Labute approximate surface area is 164 Å².